The largest absolute Gasteiger partial charge is 0.508 e. The molecular formula is C16H28N2O3S. The summed E-state index contributed by atoms with van der Waals surface area (Å²) in [6, 6.07) is 4.34. The van der Waals surface area contributed by atoms with Crippen molar-refractivity contribution in [1.29, 1.82) is 0 Å². The van der Waals surface area contributed by atoms with Crippen LogP contribution in [0.4, 0.5) is 0 Å². The highest BCUT2D eigenvalue weighted by Gasteiger charge is 2.05. The van der Waals surface area contributed by atoms with Gasteiger partial charge >= 0.3 is 0 Å². The van der Waals surface area contributed by atoms with Crippen molar-refractivity contribution in [2.24, 2.45) is 11.7 Å². The Kier molecular flexibility index (Phi) is 13.4. The molecule has 0 heterocycles. The highest BCUT2D eigenvalue weighted by atomic mass is 32.2. The summed E-state index contributed by atoms with van der Waals surface area (Å²) in [5, 5.41) is 23.8. The zero-order valence-electron chi connectivity index (χ0n) is 14.0. The van der Waals surface area contributed by atoms with Gasteiger partial charge in [0, 0.05) is 17.3 Å². The number of nitrogens with two attached hydrogens (primary N) is 1. The fourth-order valence-electron chi connectivity index (χ4n) is 1.07. The predicted molar refractivity (Wildman–Crippen MR) is 95.7 cm³/mol. The lowest BCUT2D eigenvalue weighted by molar-refractivity contribution is -0.0979. The number of carbonyl (C=O) groups is 1. The van der Waals surface area contributed by atoms with Crippen molar-refractivity contribution >= 4 is 24.2 Å². The minimum absolute atomic E-state index is 0.0188. The van der Waals surface area contributed by atoms with Gasteiger partial charge in [0.05, 0.1) is 5.37 Å². The Bertz CT molecular complexity index is 448. The molecule has 126 valence electrons. The molecule has 6 heteroatoms. The maximum absolute atomic E-state index is 9.58. The maximum Gasteiger partial charge on any atom is 0.128 e. The highest BCUT2D eigenvalue weighted by Crippen LogP contribution is 2.27. The SMILES string of the molecule is C=O.CC(C)C.CNC(C)S/C=C(\N)c1ccc(O)cc1O. The average Bonchev–Trinajstić information content (AvgIpc) is 2.46. The van der Waals surface area contributed by atoms with Gasteiger partial charge in [0.25, 0.3) is 0 Å². The van der Waals surface area contributed by atoms with Gasteiger partial charge in [-0.05, 0) is 37.4 Å². The molecule has 0 amide bonds. The van der Waals surface area contributed by atoms with E-state index in [9.17, 15) is 5.11 Å². The van der Waals surface area contributed by atoms with Gasteiger partial charge in [0.15, 0.2) is 0 Å². The topological polar surface area (TPSA) is 95.6 Å². The van der Waals surface area contributed by atoms with Gasteiger partial charge in [-0.2, -0.15) is 0 Å². The Morgan fingerprint density at radius 3 is 2.18 bits per heavy atom. The zero-order chi connectivity index (χ0) is 17.7. The first-order valence-electron chi connectivity index (χ1n) is 6.87. The number of benzene rings is 1. The van der Waals surface area contributed by atoms with Crippen molar-refractivity contribution in [3.8, 4) is 11.5 Å². The van der Waals surface area contributed by atoms with E-state index in [4.69, 9.17) is 15.6 Å². The van der Waals surface area contributed by atoms with Crippen LogP contribution in [0.3, 0.4) is 0 Å². The molecule has 0 aromatic heterocycles. The first kappa shape index (κ1) is 22.6. The molecule has 1 atom stereocenters. The molecule has 1 unspecified atom stereocenters. The molecule has 0 bridgehead atoms. The van der Waals surface area contributed by atoms with E-state index in [0.717, 1.165) is 5.92 Å². The van der Waals surface area contributed by atoms with E-state index >= 15 is 0 Å². The summed E-state index contributed by atoms with van der Waals surface area (Å²) >= 11 is 1.52. The Morgan fingerprint density at radius 2 is 1.77 bits per heavy atom. The number of aromatic hydroxyl groups is 2. The fraction of sp³-hybridized carbons (Fsp3) is 0.438. The molecular weight excluding hydrogens is 300 g/mol. The van der Waals surface area contributed by atoms with Crippen molar-refractivity contribution < 1.29 is 15.0 Å². The molecule has 0 aliphatic carbocycles. The van der Waals surface area contributed by atoms with Gasteiger partial charge in [-0.25, -0.2) is 0 Å². The lowest BCUT2D eigenvalue weighted by Gasteiger charge is -2.08. The Morgan fingerprint density at radius 1 is 1.27 bits per heavy atom. The average molecular weight is 328 g/mol. The van der Waals surface area contributed by atoms with Crippen LogP contribution in [0.2, 0.25) is 0 Å². The second-order valence-corrected chi connectivity index (χ2v) is 6.29. The second-order valence-electron chi connectivity index (χ2n) is 5.07. The van der Waals surface area contributed by atoms with Crippen LogP contribution >= 0.6 is 11.8 Å². The highest BCUT2D eigenvalue weighted by molar-refractivity contribution is 8.02. The molecule has 0 aliphatic heterocycles. The van der Waals surface area contributed by atoms with Crippen molar-refractivity contribution in [2.75, 3.05) is 7.05 Å². The van der Waals surface area contributed by atoms with E-state index in [-0.39, 0.29) is 16.9 Å². The van der Waals surface area contributed by atoms with Gasteiger partial charge in [-0.1, -0.05) is 20.8 Å². The fourth-order valence-corrected chi connectivity index (χ4v) is 1.68. The predicted octanol–water partition coefficient (Wildman–Crippen LogP) is 3.13. The van der Waals surface area contributed by atoms with E-state index in [2.05, 4.69) is 26.1 Å². The van der Waals surface area contributed by atoms with Crippen LogP contribution in [0.25, 0.3) is 5.70 Å². The lowest BCUT2D eigenvalue weighted by Crippen LogP contribution is -2.16. The third-order valence-corrected chi connectivity index (χ3v) is 3.13. The number of carbonyl (C=O) groups excluding carboxylic acids is 1. The Hall–Kier alpha value is -1.66. The molecule has 1 aromatic rings. The molecule has 0 saturated heterocycles. The number of thioether (sulfide) groups is 1. The van der Waals surface area contributed by atoms with E-state index in [1.807, 2.05) is 20.8 Å². The molecule has 22 heavy (non-hydrogen) atoms. The molecule has 0 saturated carbocycles. The van der Waals surface area contributed by atoms with Crippen LogP contribution in [0.15, 0.2) is 23.6 Å². The first-order valence-corrected chi connectivity index (χ1v) is 7.81. The molecule has 1 rings (SSSR count). The van der Waals surface area contributed by atoms with Gasteiger partial charge < -0.3 is 26.1 Å². The second kappa shape index (κ2) is 13.0. The first-order chi connectivity index (χ1) is 10.3. The molecule has 1 aromatic carbocycles. The molecule has 5 nitrogen and oxygen atoms in total. The molecule has 5 N–H and O–H groups in total. The smallest absolute Gasteiger partial charge is 0.128 e. The van der Waals surface area contributed by atoms with Gasteiger partial charge in [0.2, 0.25) is 0 Å². The summed E-state index contributed by atoms with van der Waals surface area (Å²) < 4.78 is 0. The van der Waals surface area contributed by atoms with Crippen molar-refractivity contribution in [3.05, 3.63) is 29.2 Å². The molecule has 0 fully saturated rings. The standard InChI is InChI=1S/C11H16N2O2S.C4H10.CH2O/c1-7(13-2)16-6-10(12)9-4-3-8(14)5-11(9)15;1-4(2)3;1-2/h3-7,13-15H,12H2,1-2H3;4H,1-3H3;1H2/b10-6-;;. The Balaban J connectivity index is 0. The van der Waals surface area contributed by atoms with Gasteiger partial charge in [-0.3, -0.25) is 0 Å². The summed E-state index contributed by atoms with van der Waals surface area (Å²) in [5.41, 5.74) is 6.82. The van der Waals surface area contributed by atoms with Crippen LogP contribution in [-0.4, -0.2) is 29.4 Å². The molecule has 0 radical (unpaired) electrons. The van der Waals surface area contributed by atoms with Crippen molar-refractivity contribution in [2.45, 2.75) is 33.1 Å². The number of hydrogen-bond acceptors (Lipinski definition) is 6. The van der Waals surface area contributed by atoms with Crippen LogP contribution < -0.4 is 11.1 Å². The Labute approximate surface area is 137 Å². The summed E-state index contributed by atoms with van der Waals surface area (Å²) in [4.78, 5) is 8.00. The van der Waals surface area contributed by atoms with Crippen LogP contribution in [0.5, 0.6) is 11.5 Å². The number of rotatable bonds is 4. The minimum Gasteiger partial charge on any atom is -0.508 e. The summed E-state index contributed by atoms with van der Waals surface area (Å²) in [6.45, 7) is 10.5. The third-order valence-electron chi connectivity index (χ3n) is 2.10. The number of phenols is 2. The van der Waals surface area contributed by atoms with Crippen molar-refractivity contribution in [1.82, 2.24) is 5.32 Å². The molecule has 0 spiro atoms. The minimum atomic E-state index is -0.0218. The van der Waals surface area contributed by atoms with Crippen molar-refractivity contribution in [3.63, 3.8) is 0 Å². The van der Waals surface area contributed by atoms with Crippen LogP contribution in [-0.2, 0) is 4.79 Å². The number of nitrogens with one attached hydrogen (secondary N) is 1. The lowest BCUT2D eigenvalue weighted by atomic mass is 10.1. The van der Waals surface area contributed by atoms with Crippen LogP contribution in [0.1, 0.15) is 33.3 Å². The van der Waals surface area contributed by atoms with E-state index in [1.165, 1.54) is 23.9 Å². The maximum atomic E-state index is 9.58. The van der Waals surface area contributed by atoms with E-state index < -0.39 is 0 Å². The molecule has 0 aliphatic rings. The number of hydrogen-bond donors (Lipinski definition) is 4. The number of phenolic OH excluding ortho intramolecular Hbond substituents is 2. The zero-order valence-corrected chi connectivity index (χ0v) is 14.8. The summed E-state index contributed by atoms with van der Waals surface area (Å²) in [5.74, 6) is 0.830. The van der Waals surface area contributed by atoms with Crippen LogP contribution in [0, 0.1) is 5.92 Å². The van der Waals surface area contributed by atoms with Gasteiger partial charge in [-0.15, -0.1) is 11.8 Å². The normalized spacial score (nSPS) is 11.8. The summed E-state index contributed by atoms with van der Waals surface area (Å²) in [6.07, 6.45) is 0. The third kappa shape index (κ3) is 11.0. The quantitative estimate of drug-likeness (QED) is 0.634. The van der Waals surface area contributed by atoms with E-state index in [0.29, 0.717) is 11.3 Å². The monoisotopic (exact) mass is 328 g/mol. The van der Waals surface area contributed by atoms with Gasteiger partial charge in [0.1, 0.15) is 18.3 Å². The summed E-state index contributed by atoms with van der Waals surface area (Å²) in [7, 11) is 1.86. The van der Waals surface area contributed by atoms with E-state index in [1.54, 1.807) is 11.5 Å².